The standard InChI is InChI=1S/C27H30O3/c1-18(19-7-3-2-4-8-19)17-30-26(29)23-11-5-10-22-21(23)9-6-12-24(22)27-15-13-20(14-16-27)25(27)28/h5-6,9-13,15,18-20H,2-4,7-8,14,16-17H2,1H3. The maximum absolute atomic E-state index is 13.0. The van der Waals surface area contributed by atoms with Gasteiger partial charge >= 0.3 is 5.97 Å². The van der Waals surface area contributed by atoms with E-state index in [0.717, 1.165) is 29.2 Å². The van der Waals surface area contributed by atoms with Crippen LogP contribution in [0.25, 0.3) is 10.8 Å². The van der Waals surface area contributed by atoms with Crippen LogP contribution in [0.15, 0.2) is 48.6 Å². The normalized spacial score (nSPS) is 27.0. The van der Waals surface area contributed by atoms with Crippen LogP contribution < -0.4 is 0 Å². The highest BCUT2D eigenvalue weighted by Crippen LogP contribution is 2.49. The number of rotatable bonds is 5. The lowest BCUT2D eigenvalue weighted by Crippen LogP contribution is -2.27. The van der Waals surface area contributed by atoms with Crippen molar-refractivity contribution < 1.29 is 14.3 Å². The number of carbonyl (C=O) groups is 2. The monoisotopic (exact) mass is 402 g/mol. The third-order valence-electron chi connectivity index (χ3n) is 7.79. The molecule has 3 unspecified atom stereocenters. The van der Waals surface area contributed by atoms with E-state index in [1.54, 1.807) is 0 Å². The van der Waals surface area contributed by atoms with Crippen molar-refractivity contribution in [1.82, 2.24) is 0 Å². The van der Waals surface area contributed by atoms with Gasteiger partial charge in [0, 0.05) is 5.92 Å². The fraction of sp³-hybridized carbons (Fsp3) is 0.481. The number of Topliss-reactive ketones (excluding diaryl/α,β-unsaturated/α-hetero) is 1. The van der Waals surface area contributed by atoms with Gasteiger partial charge in [0.15, 0.2) is 5.78 Å². The number of ether oxygens (including phenoxy) is 1. The van der Waals surface area contributed by atoms with Crippen molar-refractivity contribution in [3.63, 3.8) is 0 Å². The Morgan fingerprint density at radius 3 is 2.53 bits per heavy atom. The quantitative estimate of drug-likeness (QED) is 0.455. The van der Waals surface area contributed by atoms with E-state index in [0.29, 0.717) is 29.8 Å². The Kier molecular flexibility index (Phi) is 5.00. The molecule has 3 aliphatic carbocycles. The van der Waals surface area contributed by atoms with E-state index < -0.39 is 5.41 Å². The molecule has 2 fully saturated rings. The fourth-order valence-corrected chi connectivity index (χ4v) is 5.96. The molecule has 2 saturated carbocycles. The molecular weight excluding hydrogens is 372 g/mol. The van der Waals surface area contributed by atoms with Gasteiger partial charge in [-0.3, -0.25) is 4.79 Å². The van der Waals surface area contributed by atoms with Gasteiger partial charge < -0.3 is 4.74 Å². The summed E-state index contributed by atoms with van der Waals surface area (Å²) in [5.41, 5.74) is 1.12. The molecule has 3 aliphatic rings. The molecule has 3 heteroatoms. The van der Waals surface area contributed by atoms with Crippen LogP contribution in [0.3, 0.4) is 0 Å². The van der Waals surface area contributed by atoms with Gasteiger partial charge in [-0.25, -0.2) is 4.79 Å². The van der Waals surface area contributed by atoms with Crippen molar-refractivity contribution in [2.45, 2.75) is 57.3 Å². The van der Waals surface area contributed by atoms with Crippen LogP contribution in [-0.4, -0.2) is 18.4 Å². The summed E-state index contributed by atoms with van der Waals surface area (Å²) in [4.78, 5) is 25.9. The molecule has 0 radical (unpaired) electrons. The predicted octanol–water partition coefficient (Wildman–Crippen LogP) is 6.00. The highest BCUT2D eigenvalue weighted by atomic mass is 16.5. The van der Waals surface area contributed by atoms with E-state index in [9.17, 15) is 9.59 Å². The molecular formula is C27H30O3. The molecule has 156 valence electrons. The van der Waals surface area contributed by atoms with Gasteiger partial charge in [0.2, 0.25) is 0 Å². The fourth-order valence-electron chi connectivity index (χ4n) is 5.96. The second kappa shape index (κ2) is 7.68. The number of allylic oxidation sites excluding steroid dienone is 2. The Labute approximate surface area is 178 Å². The minimum absolute atomic E-state index is 0.0645. The van der Waals surface area contributed by atoms with E-state index in [1.807, 2.05) is 30.3 Å². The van der Waals surface area contributed by atoms with Gasteiger partial charge in [-0.15, -0.1) is 0 Å². The summed E-state index contributed by atoms with van der Waals surface area (Å²) in [5, 5.41) is 1.88. The van der Waals surface area contributed by atoms with Crippen molar-refractivity contribution in [3.05, 3.63) is 59.7 Å². The molecule has 0 spiro atoms. The number of benzene rings is 2. The molecule has 0 N–H and O–H groups in total. The second-order valence-corrected chi connectivity index (χ2v) is 9.52. The summed E-state index contributed by atoms with van der Waals surface area (Å²) in [6.45, 7) is 2.69. The smallest absolute Gasteiger partial charge is 0.338 e. The number of hydrogen-bond acceptors (Lipinski definition) is 3. The number of hydrogen-bond donors (Lipinski definition) is 0. The zero-order valence-electron chi connectivity index (χ0n) is 17.7. The minimum atomic E-state index is -0.512. The molecule has 2 aromatic carbocycles. The van der Waals surface area contributed by atoms with Crippen LogP contribution in [0.5, 0.6) is 0 Å². The second-order valence-electron chi connectivity index (χ2n) is 9.52. The van der Waals surface area contributed by atoms with Gasteiger partial charge in [-0.1, -0.05) is 81.5 Å². The Bertz CT molecular complexity index is 1010. The first-order chi connectivity index (χ1) is 14.6. The number of esters is 1. The first-order valence-electron chi connectivity index (χ1n) is 11.5. The molecule has 30 heavy (non-hydrogen) atoms. The molecule has 3 atom stereocenters. The van der Waals surface area contributed by atoms with Crippen molar-refractivity contribution in [2.75, 3.05) is 6.61 Å². The molecule has 0 aromatic heterocycles. The van der Waals surface area contributed by atoms with E-state index >= 15 is 0 Å². The van der Waals surface area contributed by atoms with Crippen LogP contribution >= 0.6 is 0 Å². The van der Waals surface area contributed by atoms with E-state index in [-0.39, 0.29) is 11.9 Å². The maximum atomic E-state index is 13.0. The Balaban J connectivity index is 1.41. The van der Waals surface area contributed by atoms with E-state index in [2.05, 4.69) is 25.1 Å². The summed E-state index contributed by atoms with van der Waals surface area (Å²) >= 11 is 0. The Hall–Kier alpha value is -2.42. The predicted molar refractivity (Wildman–Crippen MR) is 119 cm³/mol. The highest BCUT2D eigenvalue weighted by molar-refractivity contribution is 6.09. The summed E-state index contributed by atoms with van der Waals surface area (Å²) in [7, 11) is 0. The van der Waals surface area contributed by atoms with Crippen LogP contribution in [0.4, 0.5) is 0 Å². The van der Waals surface area contributed by atoms with Gasteiger partial charge in [-0.05, 0) is 47.1 Å². The van der Waals surface area contributed by atoms with E-state index in [4.69, 9.17) is 4.74 Å². The van der Waals surface area contributed by atoms with Crippen LogP contribution in [0.2, 0.25) is 0 Å². The first-order valence-corrected chi connectivity index (χ1v) is 11.5. The van der Waals surface area contributed by atoms with Gasteiger partial charge in [0.05, 0.1) is 17.6 Å². The van der Waals surface area contributed by atoms with Crippen molar-refractivity contribution in [3.8, 4) is 0 Å². The summed E-state index contributed by atoms with van der Waals surface area (Å²) in [5.74, 6) is 1.19. The number of ketones is 1. The third kappa shape index (κ3) is 3.10. The lowest BCUT2D eigenvalue weighted by Gasteiger charge is -2.27. The molecule has 2 aromatic rings. The van der Waals surface area contributed by atoms with Crippen molar-refractivity contribution >= 4 is 22.5 Å². The molecule has 0 saturated heterocycles. The molecule has 0 aliphatic heterocycles. The minimum Gasteiger partial charge on any atom is -0.462 e. The largest absolute Gasteiger partial charge is 0.462 e. The zero-order chi connectivity index (χ0) is 20.7. The van der Waals surface area contributed by atoms with Crippen molar-refractivity contribution in [2.24, 2.45) is 17.8 Å². The summed E-state index contributed by atoms with van der Waals surface area (Å²) in [6.07, 6.45) is 12.4. The van der Waals surface area contributed by atoms with Gasteiger partial charge in [0.1, 0.15) is 0 Å². The molecule has 2 bridgehead atoms. The topological polar surface area (TPSA) is 43.4 Å². The molecule has 0 heterocycles. The highest BCUT2D eigenvalue weighted by Gasteiger charge is 2.50. The van der Waals surface area contributed by atoms with Gasteiger partial charge in [0.25, 0.3) is 0 Å². The van der Waals surface area contributed by atoms with Crippen LogP contribution in [-0.2, 0) is 14.9 Å². The van der Waals surface area contributed by atoms with Crippen LogP contribution in [0, 0.1) is 17.8 Å². The van der Waals surface area contributed by atoms with Gasteiger partial charge in [-0.2, -0.15) is 0 Å². The molecule has 3 nitrogen and oxygen atoms in total. The summed E-state index contributed by atoms with van der Waals surface area (Å²) in [6, 6.07) is 11.8. The lowest BCUT2D eigenvalue weighted by molar-refractivity contribution is -0.122. The third-order valence-corrected chi connectivity index (χ3v) is 7.79. The maximum Gasteiger partial charge on any atom is 0.338 e. The molecule has 5 rings (SSSR count). The first kappa shape index (κ1) is 19.5. The number of carbonyl (C=O) groups excluding carboxylic acids is 2. The zero-order valence-corrected chi connectivity index (χ0v) is 17.7. The Morgan fingerprint density at radius 2 is 1.83 bits per heavy atom. The average molecular weight is 403 g/mol. The van der Waals surface area contributed by atoms with Crippen molar-refractivity contribution in [1.29, 1.82) is 0 Å². The number of fused-ring (bicyclic) bond motifs is 3. The average Bonchev–Trinajstić information content (AvgIpc) is 3.29. The summed E-state index contributed by atoms with van der Waals surface area (Å²) < 4.78 is 5.78. The SMILES string of the molecule is CC(COC(=O)c1cccc2c(C34C=CC(CC3)C4=O)cccc12)C1CCCCC1. The van der Waals surface area contributed by atoms with E-state index in [1.165, 1.54) is 32.1 Å². The van der Waals surface area contributed by atoms with Crippen LogP contribution in [0.1, 0.15) is 67.8 Å². The lowest BCUT2D eigenvalue weighted by atomic mass is 9.77. The Morgan fingerprint density at radius 1 is 1.07 bits per heavy atom. The molecule has 0 amide bonds.